The molecule has 4 heteroatoms. The molecule has 0 spiro atoms. The van der Waals surface area contributed by atoms with Gasteiger partial charge < -0.3 is 10.6 Å². The Labute approximate surface area is 126 Å². The van der Waals surface area contributed by atoms with Crippen LogP contribution in [0, 0.1) is 5.92 Å². The predicted molar refractivity (Wildman–Crippen MR) is 84.2 cm³/mol. The Morgan fingerprint density at radius 2 is 2.00 bits per heavy atom. The third-order valence-electron chi connectivity index (χ3n) is 4.88. The summed E-state index contributed by atoms with van der Waals surface area (Å²) in [5, 5.41) is 0.935. The zero-order valence-corrected chi connectivity index (χ0v) is 13.1. The third-order valence-corrected chi connectivity index (χ3v) is 5.21. The molecule has 0 amide bonds. The summed E-state index contributed by atoms with van der Waals surface area (Å²) in [4.78, 5) is 4.73. The van der Waals surface area contributed by atoms with E-state index in [-0.39, 0.29) is 0 Å². The number of hydrogen-bond donors (Lipinski definition) is 1. The first-order valence-corrected chi connectivity index (χ1v) is 7.84. The maximum Gasteiger partial charge on any atom is 0.0445 e. The second-order valence-electron chi connectivity index (χ2n) is 6.49. The van der Waals surface area contributed by atoms with Crippen molar-refractivity contribution in [2.75, 3.05) is 40.3 Å². The molecule has 0 radical (unpaired) electrons. The number of halogens is 1. The quantitative estimate of drug-likeness (QED) is 0.928. The smallest absolute Gasteiger partial charge is 0.0445 e. The lowest BCUT2D eigenvalue weighted by Crippen LogP contribution is -2.41. The van der Waals surface area contributed by atoms with Crippen LogP contribution in [0.1, 0.15) is 29.5 Å². The van der Waals surface area contributed by atoms with E-state index in [4.69, 9.17) is 17.3 Å². The minimum Gasteiger partial charge on any atom is -0.330 e. The van der Waals surface area contributed by atoms with Crippen molar-refractivity contribution in [3.8, 4) is 0 Å². The molecule has 2 saturated heterocycles. The van der Waals surface area contributed by atoms with Gasteiger partial charge in [-0.15, -0.1) is 0 Å². The normalized spacial score (nSPS) is 28.8. The van der Waals surface area contributed by atoms with E-state index in [1.54, 1.807) is 0 Å². The Morgan fingerprint density at radius 3 is 2.55 bits per heavy atom. The second kappa shape index (κ2) is 5.64. The highest BCUT2D eigenvalue weighted by atomic mass is 35.5. The highest BCUT2D eigenvalue weighted by Crippen LogP contribution is 2.37. The van der Waals surface area contributed by atoms with Crippen molar-refractivity contribution >= 4 is 11.6 Å². The monoisotopic (exact) mass is 293 g/mol. The maximum atomic E-state index is 6.52. The summed E-state index contributed by atoms with van der Waals surface area (Å²) in [5.74, 6) is 1.23. The third kappa shape index (κ3) is 2.60. The van der Waals surface area contributed by atoms with E-state index in [9.17, 15) is 0 Å². The predicted octanol–water partition coefficient (Wildman–Crippen LogP) is 2.32. The Kier molecular flexibility index (Phi) is 4.04. The number of benzene rings is 1. The highest BCUT2D eigenvalue weighted by Gasteiger charge is 2.31. The standard InChI is InChI=1S/C16H24ClN3/c1-19-9-13(10-19)14-4-3-12(6-15(14)17)16-5-11(7-18)8-20(16)2/h3-4,6,11,13,16H,5,7-10,18H2,1-2H3. The molecule has 110 valence electrons. The van der Waals surface area contributed by atoms with Crippen molar-refractivity contribution in [2.45, 2.75) is 18.4 Å². The molecule has 0 aromatic heterocycles. The van der Waals surface area contributed by atoms with Crippen LogP contribution in [0.4, 0.5) is 0 Å². The molecular weight excluding hydrogens is 270 g/mol. The molecule has 1 aromatic rings. The number of rotatable bonds is 3. The molecule has 0 bridgehead atoms. The molecular formula is C16H24ClN3. The SMILES string of the molecule is CN1CC(c2ccc(C3CC(CN)CN3C)cc2Cl)C1. The lowest BCUT2D eigenvalue weighted by atomic mass is 9.90. The Morgan fingerprint density at radius 1 is 1.25 bits per heavy atom. The zero-order valence-electron chi connectivity index (χ0n) is 12.3. The summed E-state index contributed by atoms with van der Waals surface area (Å²) in [6, 6.07) is 7.15. The van der Waals surface area contributed by atoms with Crippen molar-refractivity contribution in [2.24, 2.45) is 11.7 Å². The van der Waals surface area contributed by atoms with Crippen LogP contribution >= 0.6 is 11.6 Å². The molecule has 3 rings (SSSR count). The number of likely N-dealkylation sites (N-methyl/N-ethyl adjacent to an activating group) is 1. The fraction of sp³-hybridized carbons (Fsp3) is 0.625. The molecule has 20 heavy (non-hydrogen) atoms. The molecule has 2 atom stereocenters. The molecule has 2 aliphatic rings. The topological polar surface area (TPSA) is 32.5 Å². The van der Waals surface area contributed by atoms with Crippen LogP contribution < -0.4 is 5.73 Å². The molecule has 2 aliphatic heterocycles. The summed E-state index contributed by atoms with van der Waals surface area (Å²) >= 11 is 6.52. The molecule has 1 aromatic carbocycles. The van der Waals surface area contributed by atoms with Gasteiger partial charge in [0.25, 0.3) is 0 Å². The summed E-state index contributed by atoms with van der Waals surface area (Å²) in [6.07, 6.45) is 1.15. The van der Waals surface area contributed by atoms with Gasteiger partial charge in [-0.1, -0.05) is 23.7 Å². The molecule has 2 fully saturated rings. The Balaban J connectivity index is 1.77. The van der Waals surface area contributed by atoms with Gasteiger partial charge in [-0.05, 0) is 50.2 Å². The largest absolute Gasteiger partial charge is 0.330 e. The first-order chi connectivity index (χ1) is 9.58. The van der Waals surface area contributed by atoms with Gasteiger partial charge in [-0.25, -0.2) is 0 Å². The number of hydrogen-bond acceptors (Lipinski definition) is 3. The molecule has 2 unspecified atom stereocenters. The van der Waals surface area contributed by atoms with Crippen molar-refractivity contribution in [3.63, 3.8) is 0 Å². The fourth-order valence-electron chi connectivity index (χ4n) is 3.64. The van der Waals surface area contributed by atoms with Gasteiger partial charge >= 0.3 is 0 Å². The van der Waals surface area contributed by atoms with Crippen LogP contribution in [0.5, 0.6) is 0 Å². The van der Waals surface area contributed by atoms with E-state index in [0.29, 0.717) is 17.9 Å². The molecule has 3 nitrogen and oxygen atoms in total. The minimum atomic E-state index is 0.471. The first-order valence-electron chi connectivity index (χ1n) is 7.46. The van der Waals surface area contributed by atoms with Gasteiger partial charge in [0.05, 0.1) is 0 Å². The van der Waals surface area contributed by atoms with Gasteiger partial charge in [-0.3, -0.25) is 4.90 Å². The van der Waals surface area contributed by atoms with Crippen molar-refractivity contribution in [1.29, 1.82) is 0 Å². The van der Waals surface area contributed by atoms with Crippen LogP contribution in [-0.4, -0.2) is 50.1 Å². The van der Waals surface area contributed by atoms with Crippen LogP contribution in [0.15, 0.2) is 18.2 Å². The van der Waals surface area contributed by atoms with Gasteiger partial charge in [0.2, 0.25) is 0 Å². The van der Waals surface area contributed by atoms with Crippen molar-refractivity contribution in [3.05, 3.63) is 34.3 Å². The van der Waals surface area contributed by atoms with E-state index >= 15 is 0 Å². The number of nitrogens with two attached hydrogens (primary N) is 1. The lowest BCUT2D eigenvalue weighted by Gasteiger charge is -2.37. The van der Waals surface area contributed by atoms with Crippen molar-refractivity contribution < 1.29 is 0 Å². The number of likely N-dealkylation sites (tertiary alicyclic amines) is 2. The second-order valence-corrected chi connectivity index (χ2v) is 6.90. The van der Waals surface area contributed by atoms with E-state index in [2.05, 4.69) is 42.1 Å². The molecule has 0 saturated carbocycles. The van der Waals surface area contributed by atoms with E-state index in [1.807, 2.05) is 0 Å². The van der Waals surface area contributed by atoms with Gasteiger partial charge in [0.1, 0.15) is 0 Å². The summed E-state index contributed by atoms with van der Waals surface area (Å²) in [5.41, 5.74) is 8.46. The van der Waals surface area contributed by atoms with Crippen LogP contribution in [0.2, 0.25) is 5.02 Å². The van der Waals surface area contributed by atoms with E-state index < -0.39 is 0 Å². The zero-order chi connectivity index (χ0) is 14.3. The fourth-order valence-corrected chi connectivity index (χ4v) is 3.99. The highest BCUT2D eigenvalue weighted by molar-refractivity contribution is 6.31. The van der Waals surface area contributed by atoms with Gasteiger partial charge in [0.15, 0.2) is 0 Å². The van der Waals surface area contributed by atoms with E-state index in [1.165, 1.54) is 11.1 Å². The van der Waals surface area contributed by atoms with Crippen LogP contribution in [-0.2, 0) is 0 Å². The Bertz CT molecular complexity index is 485. The molecule has 0 aliphatic carbocycles. The average molecular weight is 294 g/mol. The van der Waals surface area contributed by atoms with Gasteiger partial charge in [0, 0.05) is 36.6 Å². The minimum absolute atomic E-state index is 0.471. The molecule has 2 N–H and O–H groups in total. The first kappa shape index (κ1) is 14.3. The summed E-state index contributed by atoms with van der Waals surface area (Å²) in [6.45, 7) is 4.12. The lowest BCUT2D eigenvalue weighted by molar-refractivity contribution is 0.190. The Hall–Kier alpha value is -0.610. The van der Waals surface area contributed by atoms with Crippen LogP contribution in [0.3, 0.4) is 0 Å². The number of nitrogens with zero attached hydrogens (tertiary/aromatic N) is 2. The molecule has 2 heterocycles. The summed E-state index contributed by atoms with van der Waals surface area (Å²) in [7, 11) is 4.34. The van der Waals surface area contributed by atoms with Crippen LogP contribution in [0.25, 0.3) is 0 Å². The summed E-state index contributed by atoms with van der Waals surface area (Å²) < 4.78 is 0. The average Bonchev–Trinajstić information content (AvgIpc) is 2.77. The maximum absolute atomic E-state index is 6.52. The van der Waals surface area contributed by atoms with E-state index in [0.717, 1.165) is 37.6 Å². The van der Waals surface area contributed by atoms with Gasteiger partial charge in [-0.2, -0.15) is 0 Å². The van der Waals surface area contributed by atoms with Crippen molar-refractivity contribution in [1.82, 2.24) is 9.80 Å².